The lowest BCUT2D eigenvalue weighted by Gasteiger charge is -2.19. The minimum Gasteiger partial charge on any atom is -0.389 e. The Morgan fingerprint density at radius 1 is 0.923 bits per heavy atom. The van der Waals surface area contributed by atoms with E-state index in [1.165, 1.54) is 0 Å². The molecular formula is C15H16Cl2N8O. The lowest BCUT2D eigenvalue weighted by molar-refractivity contribution is 0.0944. The smallest absolute Gasteiger partial charge is 0.225 e. The second-order valence-electron chi connectivity index (χ2n) is 6.06. The van der Waals surface area contributed by atoms with Gasteiger partial charge < -0.3 is 15.7 Å². The lowest BCUT2D eigenvalue weighted by atomic mass is 10.1. The number of fused-ring (bicyclic) bond motifs is 1. The highest BCUT2D eigenvalue weighted by Crippen LogP contribution is 2.27. The van der Waals surface area contributed by atoms with E-state index in [1.54, 1.807) is 32.3 Å². The third-order valence-electron chi connectivity index (χ3n) is 3.21. The van der Waals surface area contributed by atoms with Gasteiger partial charge in [-0.15, -0.1) is 0 Å². The van der Waals surface area contributed by atoms with E-state index in [1.807, 2.05) is 0 Å². The van der Waals surface area contributed by atoms with Crippen LogP contribution in [0.3, 0.4) is 0 Å². The second kappa shape index (κ2) is 7.48. The van der Waals surface area contributed by atoms with Crippen LogP contribution in [0.15, 0.2) is 18.5 Å². The molecule has 0 amide bonds. The molecule has 0 fully saturated rings. The fourth-order valence-electron chi connectivity index (χ4n) is 2.09. The predicted octanol–water partition coefficient (Wildman–Crippen LogP) is 2.31. The van der Waals surface area contributed by atoms with Gasteiger partial charge in [0, 0.05) is 18.9 Å². The first-order chi connectivity index (χ1) is 12.3. The van der Waals surface area contributed by atoms with E-state index in [4.69, 9.17) is 23.2 Å². The second-order valence-corrected chi connectivity index (χ2v) is 6.74. The monoisotopic (exact) mass is 394 g/mol. The Morgan fingerprint density at radius 2 is 1.46 bits per heavy atom. The zero-order chi connectivity index (χ0) is 18.7. The van der Waals surface area contributed by atoms with E-state index in [2.05, 4.69) is 40.5 Å². The van der Waals surface area contributed by atoms with Crippen molar-refractivity contribution in [2.45, 2.75) is 26.0 Å². The highest BCUT2D eigenvalue weighted by atomic mass is 35.5. The summed E-state index contributed by atoms with van der Waals surface area (Å²) in [5.74, 6) is 1.31. The van der Waals surface area contributed by atoms with Crippen LogP contribution in [0.4, 0.5) is 11.6 Å². The molecule has 0 saturated carbocycles. The summed E-state index contributed by atoms with van der Waals surface area (Å²) < 4.78 is 0. The summed E-state index contributed by atoms with van der Waals surface area (Å²) in [5.41, 5.74) is -0.176. The van der Waals surface area contributed by atoms with Crippen LogP contribution in [0.2, 0.25) is 10.6 Å². The summed E-state index contributed by atoms with van der Waals surface area (Å²) in [6, 6.07) is 1.73. The summed E-state index contributed by atoms with van der Waals surface area (Å²) in [5, 5.41) is 16.0. The third kappa shape index (κ3) is 4.63. The molecule has 0 radical (unpaired) electrons. The SMILES string of the molecule is CC(C)(O)CNc1nc(Cl)nc2c(NCc3ncccn3)nc(Cl)nc12. The Labute approximate surface area is 159 Å². The fraction of sp³-hybridized carbons (Fsp3) is 0.333. The summed E-state index contributed by atoms with van der Waals surface area (Å²) in [7, 11) is 0. The van der Waals surface area contributed by atoms with Gasteiger partial charge in [-0.05, 0) is 43.1 Å². The largest absolute Gasteiger partial charge is 0.389 e. The molecule has 3 N–H and O–H groups in total. The van der Waals surface area contributed by atoms with E-state index in [-0.39, 0.29) is 17.1 Å². The Bertz CT molecular complexity index is 917. The fourth-order valence-corrected chi connectivity index (χ4v) is 2.43. The minimum atomic E-state index is -0.952. The molecule has 0 aliphatic rings. The molecular weight excluding hydrogens is 379 g/mol. The average molecular weight is 395 g/mol. The molecule has 0 aliphatic carbocycles. The molecule has 9 nitrogen and oxygen atoms in total. The molecule has 0 atom stereocenters. The first-order valence-electron chi connectivity index (χ1n) is 7.68. The van der Waals surface area contributed by atoms with Gasteiger partial charge in [-0.1, -0.05) is 0 Å². The molecule has 3 aromatic heterocycles. The molecule has 3 aromatic rings. The van der Waals surface area contributed by atoms with Crippen molar-refractivity contribution in [3.8, 4) is 0 Å². The maximum Gasteiger partial charge on any atom is 0.225 e. The molecule has 26 heavy (non-hydrogen) atoms. The molecule has 0 unspecified atom stereocenters. The number of rotatable bonds is 6. The molecule has 0 aromatic carbocycles. The number of nitrogens with one attached hydrogen (secondary N) is 2. The van der Waals surface area contributed by atoms with Crippen LogP contribution in [-0.4, -0.2) is 47.2 Å². The van der Waals surface area contributed by atoms with Gasteiger partial charge in [0.1, 0.15) is 16.9 Å². The number of anilines is 2. The summed E-state index contributed by atoms with van der Waals surface area (Å²) in [6.45, 7) is 3.88. The van der Waals surface area contributed by atoms with Crippen LogP contribution in [0.1, 0.15) is 19.7 Å². The van der Waals surface area contributed by atoms with E-state index < -0.39 is 5.60 Å². The van der Waals surface area contributed by atoms with Crippen molar-refractivity contribution in [2.75, 3.05) is 17.2 Å². The molecule has 3 heterocycles. The van der Waals surface area contributed by atoms with Crippen LogP contribution in [0.5, 0.6) is 0 Å². The number of aliphatic hydroxyl groups is 1. The Kier molecular flexibility index (Phi) is 5.30. The van der Waals surface area contributed by atoms with Crippen LogP contribution in [-0.2, 0) is 6.54 Å². The standard InChI is InChI=1S/C15H16Cl2N8O/c1-15(2,26)7-21-12-10-9(22-14(17)25-12)11(24-13(16)23-10)20-6-8-18-4-3-5-19-8/h3-5,26H,6-7H2,1-2H3,(H,20,23,24)(H,21,22,25). The zero-order valence-electron chi connectivity index (χ0n) is 14.0. The van der Waals surface area contributed by atoms with Gasteiger partial charge in [0.05, 0.1) is 12.1 Å². The molecule has 136 valence electrons. The number of halogens is 2. The van der Waals surface area contributed by atoms with Gasteiger partial charge in [-0.3, -0.25) is 0 Å². The summed E-state index contributed by atoms with van der Waals surface area (Å²) in [4.78, 5) is 25.0. The summed E-state index contributed by atoms with van der Waals surface area (Å²) >= 11 is 12.1. The van der Waals surface area contributed by atoms with Crippen LogP contribution < -0.4 is 10.6 Å². The summed E-state index contributed by atoms with van der Waals surface area (Å²) in [6.07, 6.45) is 3.29. The lowest BCUT2D eigenvalue weighted by Crippen LogP contribution is -2.29. The van der Waals surface area contributed by atoms with Crippen molar-refractivity contribution in [1.29, 1.82) is 0 Å². The van der Waals surface area contributed by atoms with Crippen molar-refractivity contribution in [3.05, 3.63) is 34.9 Å². The maximum absolute atomic E-state index is 9.92. The quantitative estimate of drug-likeness (QED) is 0.540. The molecule has 0 aliphatic heterocycles. The topological polar surface area (TPSA) is 122 Å². The van der Waals surface area contributed by atoms with Crippen LogP contribution in [0.25, 0.3) is 11.0 Å². The van der Waals surface area contributed by atoms with Gasteiger partial charge in [0.25, 0.3) is 0 Å². The van der Waals surface area contributed by atoms with Gasteiger partial charge in [-0.25, -0.2) is 19.9 Å². The predicted molar refractivity (Wildman–Crippen MR) is 99.3 cm³/mol. The molecule has 11 heteroatoms. The minimum absolute atomic E-state index is 0.0145. The number of nitrogens with zero attached hydrogens (tertiary/aromatic N) is 6. The van der Waals surface area contributed by atoms with Gasteiger partial charge in [0.15, 0.2) is 11.6 Å². The van der Waals surface area contributed by atoms with Crippen molar-refractivity contribution in [3.63, 3.8) is 0 Å². The van der Waals surface area contributed by atoms with Crippen molar-refractivity contribution in [2.24, 2.45) is 0 Å². The molecule has 0 saturated heterocycles. The van der Waals surface area contributed by atoms with E-state index in [0.29, 0.717) is 35.0 Å². The average Bonchev–Trinajstić information content (AvgIpc) is 2.58. The van der Waals surface area contributed by atoms with Gasteiger partial charge in [0.2, 0.25) is 10.6 Å². The molecule has 0 bridgehead atoms. The van der Waals surface area contributed by atoms with Gasteiger partial charge >= 0.3 is 0 Å². The first kappa shape index (κ1) is 18.4. The van der Waals surface area contributed by atoms with Crippen molar-refractivity contribution >= 4 is 45.9 Å². The van der Waals surface area contributed by atoms with Crippen molar-refractivity contribution < 1.29 is 5.11 Å². The van der Waals surface area contributed by atoms with E-state index in [9.17, 15) is 5.11 Å². The van der Waals surface area contributed by atoms with Crippen LogP contribution in [0, 0.1) is 0 Å². The molecule has 3 rings (SSSR count). The maximum atomic E-state index is 9.92. The number of hydrogen-bond acceptors (Lipinski definition) is 9. The highest BCUT2D eigenvalue weighted by Gasteiger charge is 2.18. The third-order valence-corrected chi connectivity index (χ3v) is 3.55. The van der Waals surface area contributed by atoms with E-state index >= 15 is 0 Å². The van der Waals surface area contributed by atoms with E-state index in [0.717, 1.165) is 0 Å². The highest BCUT2D eigenvalue weighted by molar-refractivity contribution is 6.30. The Morgan fingerprint density at radius 3 is 2.00 bits per heavy atom. The Balaban J connectivity index is 1.97. The molecule has 0 spiro atoms. The first-order valence-corrected chi connectivity index (χ1v) is 8.44. The Hall–Kier alpha value is -2.36. The number of hydrogen-bond donors (Lipinski definition) is 3. The van der Waals surface area contributed by atoms with Gasteiger partial charge in [-0.2, -0.15) is 9.97 Å². The zero-order valence-corrected chi connectivity index (χ0v) is 15.5. The number of aromatic nitrogens is 6. The van der Waals surface area contributed by atoms with Crippen LogP contribution >= 0.6 is 23.2 Å². The normalized spacial score (nSPS) is 11.6. The van der Waals surface area contributed by atoms with Crippen molar-refractivity contribution in [1.82, 2.24) is 29.9 Å².